The third-order valence-electron chi connectivity index (χ3n) is 3.42. The highest BCUT2D eigenvalue weighted by Gasteiger charge is 2.53. The first-order chi connectivity index (χ1) is 4.94. The highest BCUT2D eigenvalue weighted by atomic mass is 15.3. The number of hydrogen-bond acceptors (Lipinski definition) is 2. The summed E-state index contributed by atoms with van der Waals surface area (Å²) in [7, 11) is 2.18. The normalized spacial score (nSPS) is 36.8. The van der Waals surface area contributed by atoms with Crippen LogP contribution in [-0.4, -0.2) is 36.1 Å². The van der Waals surface area contributed by atoms with Crippen molar-refractivity contribution in [2.75, 3.05) is 20.1 Å². The van der Waals surface area contributed by atoms with Gasteiger partial charge in [-0.05, 0) is 34.4 Å². The van der Waals surface area contributed by atoms with Crippen LogP contribution in [0.15, 0.2) is 0 Å². The minimum atomic E-state index is 0.309. The zero-order chi connectivity index (χ0) is 8.70. The predicted molar refractivity (Wildman–Crippen MR) is 48.8 cm³/mol. The van der Waals surface area contributed by atoms with Gasteiger partial charge in [-0.2, -0.15) is 0 Å². The molecule has 0 saturated carbocycles. The average molecular weight is 156 g/mol. The van der Waals surface area contributed by atoms with E-state index in [1.54, 1.807) is 0 Å². The minimum absolute atomic E-state index is 0.309. The molecule has 1 rings (SSSR count). The van der Waals surface area contributed by atoms with Crippen molar-refractivity contribution >= 4 is 0 Å². The van der Waals surface area contributed by atoms with Crippen molar-refractivity contribution in [3.8, 4) is 0 Å². The maximum Gasteiger partial charge on any atom is 0.0460 e. The summed E-state index contributed by atoms with van der Waals surface area (Å²) in [6, 6.07) is 0. The van der Waals surface area contributed by atoms with Gasteiger partial charge < -0.3 is 5.32 Å². The van der Waals surface area contributed by atoms with Crippen molar-refractivity contribution in [2.45, 2.75) is 38.8 Å². The first kappa shape index (κ1) is 9.01. The molecular weight excluding hydrogens is 136 g/mol. The topological polar surface area (TPSA) is 15.3 Å². The van der Waals surface area contributed by atoms with Crippen LogP contribution in [-0.2, 0) is 0 Å². The molecule has 0 radical (unpaired) electrons. The highest BCUT2D eigenvalue weighted by Crippen LogP contribution is 2.37. The van der Waals surface area contributed by atoms with E-state index in [0.717, 1.165) is 13.1 Å². The molecule has 1 heterocycles. The van der Waals surface area contributed by atoms with Gasteiger partial charge in [0.1, 0.15) is 0 Å². The van der Waals surface area contributed by atoms with E-state index in [9.17, 15) is 0 Å². The quantitative estimate of drug-likeness (QED) is 0.643. The molecule has 0 spiro atoms. The van der Waals surface area contributed by atoms with Crippen molar-refractivity contribution < 1.29 is 0 Å². The van der Waals surface area contributed by atoms with Gasteiger partial charge in [0.2, 0.25) is 0 Å². The number of nitrogens with one attached hydrogen (secondary N) is 1. The Morgan fingerprint density at radius 1 is 1.36 bits per heavy atom. The summed E-state index contributed by atoms with van der Waals surface area (Å²) in [6.45, 7) is 11.3. The van der Waals surface area contributed by atoms with Gasteiger partial charge in [-0.25, -0.2) is 0 Å². The average Bonchev–Trinajstić information content (AvgIpc) is 1.88. The lowest BCUT2D eigenvalue weighted by atomic mass is 9.71. The molecule has 2 nitrogen and oxygen atoms in total. The van der Waals surface area contributed by atoms with E-state index in [2.05, 4.69) is 45.0 Å². The molecule has 1 atom stereocenters. The molecule has 66 valence electrons. The fourth-order valence-corrected chi connectivity index (χ4v) is 1.86. The van der Waals surface area contributed by atoms with Crippen LogP contribution in [0.5, 0.6) is 0 Å². The van der Waals surface area contributed by atoms with E-state index in [-0.39, 0.29) is 0 Å². The van der Waals surface area contributed by atoms with Crippen LogP contribution in [0, 0.1) is 0 Å². The van der Waals surface area contributed by atoms with Gasteiger partial charge in [0.25, 0.3) is 0 Å². The standard InChI is InChI=1S/C9H20N2/c1-6-10-9(4)7-11(5)8(9,2)3/h10H,6-7H2,1-5H3/t9-/m1/s1. The molecule has 2 heteroatoms. The Kier molecular flexibility index (Phi) is 2.01. The Hall–Kier alpha value is -0.0800. The van der Waals surface area contributed by atoms with Crippen LogP contribution in [0.4, 0.5) is 0 Å². The summed E-state index contributed by atoms with van der Waals surface area (Å²) in [4.78, 5) is 2.38. The monoisotopic (exact) mass is 156 g/mol. The SMILES string of the molecule is CCN[C@]1(C)CN(C)C1(C)C. The second-order valence-electron chi connectivity index (χ2n) is 4.28. The molecule has 1 saturated heterocycles. The Labute approximate surface area is 70.0 Å². The first-order valence-electron chi connectivity index (χ1n) is 4.40. The van der Waals surface area contributed by atoms with Gasteiger partial charge in [0.05, 0.1) is 0 Å². The third kappa shape index (κ3) is 1.09. The lowest BCUT2D eigenvalue weighted by molar-refractivity contribution is -0.0686. The maximum absolute atomic E-state index is 3.54. The Bertz CT molecular complexity index is 150. The Morgan fingerprint density at radius 3 is 2.18 bits per heavy atom. The fourth-order valence-electron chi connectivity index (χ4n) is 1.86. The third-order valence-corrected chi connectivity index (χ3v) is 3.42. The minimum Gasteiger partial charge on any atom is -0.309 e. The molecule has 0 unspecified atom stereocenters. The number of nitrogens with zero attached hydrogens (tertiary/aromatic N) is 1. The second kappa shape index (κ2) is 2.46. The zero-order valence-corrected chi connectivity index (χ0v) is 8.36. The van der Waals surface area contributed by atoms with Gasteiger partial charge in [0, 0.05) is 17.6 Å². The highest BCUT2D eigenvalue weighted by molar-refractivity contribution is 5.13. The van der Waals surface area contributed by atoms with Gasteiger partial charge >= 0.3 is 0 Å². The summed E-state index contributed by atoms with van der Waals surface area (Å²) in [5.41, 5.74) is 0.625. The van der Waals surface area contributed by atoms with Crippen LogP contribution in [0.25, 0.3) is 0 Å². The van der Waals surface area contributed by atoms with Gasteiger partial charge in [0.15, 0.2) is 0 Å². The fraction of sp³-hybridized carbons (Fsp3) is 1.00. The molecule has 0 aromatic carbocycles. The van der Waals surface area contributed by atoms with E-state index in [4.69, 9.17) is 0 Å². The van der Waals surface area contributed by atoms with Gasteiger partial charge in [-0.3, -0.25) is 4.90 Å². The van der Waals surface area contributed by atoms with Crippen LogP contribution in [0.2, 0.25) is 0 Å². The predicted octanol–water partition coefficient (Wildman–Crippen LogP) is 1.08. The van der Waals surface area contributed by atoms with Crippen molar-refractivity contribution in [2.24, 2.45) is 0 Å². The molecule has 0 amide bonds. The summed E-state index contributed by atoms with van der Waals surface area (Å²) in [5.74, 6) is 0. The number of likely N-dealkylation sites (tertiary alicyclic amines) is 1. The van der Waals surface area contributed by atoms with Crippen LogP contribution >= 0.6 is 0 Å². The first-order valence-corrected chi connectivity index (χ1v) is 4.40. The van der Waals surface area contributed by atoms with Crippen LogP contribution in [0.3, 0.4) is 0 Å². The summed E-state index contributed by atoms with van der Waals surface area (Å²) in [5, 5.41) is 3.54. The summed E-state index contributed by atoms with van der Waals surface area (Å²) >= 11 is 0. The van der Waals surface area contributed by atoms with Gasteiger partial charge in [-0.15, -0.1) is 0 Å². The number of rotatable bonds is 2. The largest absolute Gasteiger partial charge is 0.309 e. The molecule has 1 N–H and O–H groups in total. The smallest absolute Gasteiger partial charge is 0.0460 e. The second-order valence-corrected chi connectivity index (χ2v) is 4.28. The van der Waals surface area contributed by atoms with E-state index < -0.39 is 0 Å². The molecule has 0 aromatic heterocycles. The molecule has 1 aliphatic heterocycles. The summed E-state index contributed by atoms with van der Waals surface area (Å²) < 4.78 is 0. The summed E-state index contributed by atoms with van der Waals surface area (Å²) in [6.07, 6.45) is 0. The van der Waals surface area contributed by atoms with Crippen molar-refractivity contribution in [3.05, 3.63) is 0 Å². The van der Waals surface area contributed by atoms with Crippen molar-refractivity contribution in [1.82, 2.24) is 10.2 Å². The Morgan fingerprint density at radius 2 is 1.91 bits per heavy atom. The zero-order valence-electron chi connectivity index (χ0n) is 8.36. The molecule has 11 heavy (non-hydrogen) atoms. The van der Waals surface area contributed by atoms with Crippen molar-refractivity contribution in [3.63, 3.8) is 0 Å². The lowest BCUT2D eigenvalue weighted by Gasteiger charge is -2.61. The molecule has 0 aliphatic carbocycles. The van der Waals surface area contributed by atoms with Crippen LogP contribution < -0.4 is 5.32 Å². The molecule has 0 bridgehead atoms. The molecular formula is C9H20N2. The lowest BCUT2D eigenvalue weighted by Crippen LogP contribution is -2.79. The number of hydrogen-bond donors (Lipinski definition) is 1. The number of likely N-dealkylation sites (N-methyl/N-ethyl adjacent to an activating group) is 2. The van der Waals surface area contributed by atoms with E-state index in [0.29, 0.717) is 11.1 Å². The molecule has 1 aliphatic rings. The van der Waals surface area contributed by atoms with E-state index >= 15 is 0 Å². The molecule has 0 aromatic rings. The van der Waals surface area contributed by atoms with E-state index in [1.807, 2.05) is 0 Å². The Balaban J connectivity index is 2.62. The van der Waals surface area contributed by atoms with Gasteiger partial charge in [-0.1, -0.05) is 6.92 Å². The molecule has 1 fully saturated rings. The van der Waals surface area contributed by atoms with E-state index in [1.165, 1.54) is 0 Å². The van der Waals surface area contributed by atoms with Crippen LogP contribution in [0.1, 0.15) is 27.7 Å². The maximum atomic E-state index is 3.54. The van der Waals surface area contributed by atoms with Crippen molar-refractivity contribution in [1.29, 1.82) is 0 Å².